The van der Waals surface area contributed by atoms with Gasteiger partial charge in [-0.05, 0) is 35.4 Å². The van der Waals surface area contributed by atoms with Crippen molar-refractivity contribution in [3.8, 4) is 0 Å². The number of hydrogen-bond acceptors (Lipinski definition) is 2. The van der Waals surface area contributed by atoms with Crippen molar-refractivity contribution in [2.45, 2.75) is 12.5 Å². The van der Waals surface area contributed by atoms with Crippen molar-refractivity contribution < 1.29 is 0 Å². The summed E-state index contributed by atoms with van der Waals surface area (Å²) in [6.07, 6.45) is 0.864. The van der Waals surface area contributed by atoms with Crippen LogP contribution in [0.2, 0.25) is 10.0 Å². The number of hydrogen-bond donors (Lipinski definition) is 1. The highest BCUT2D eigenvalue weighted by Crippen LogP contribution is 2.25. The number of halogens is 3. The summed E-state index contributed by atoms with van der Waals surface area (Å²) in [7, 11) is 0. The first-order chi connectivity index (χ1) is 9.22. The molecule has 0 saturated carbocycles. The summed E-state index contributed by atoms with van der Waals surface area (Å²) in [5.41, 5.74) is 6.52. The zero-order chi connectivity index (χ0) is 13.2. The van der Waals surface area contributed by atoms with E-state index >= 15 is 0 Å². The van der Waals surface area contributed by atoms with Gasteiger partial charge in [-0.3, -0.25) is 0 Å². The standard InChI is InChI=1S/C15H12Cl2N2.ClH/c16-12-5-1-10(2-6-12)14-9-15(19-18-14)11-3-7-13(17)8-4-11;/h1-8,14,18H,9H2;1H. The molecule has 1 N–H and O–H groups in total. The average molecular weight is 328 g/mol. The van der Waals surface area contributed by atoms with Crippen LogP contribution in [0.15, 0.2) is 53.6 Å². The second-order valence-corrected chi connectivity index (χ2v) is 5.38. The Labute approximate surface area is 134 Å². The molecular formula is C15H13Cl3N2. The highest BCUT2D eigenvalue weighted by molar-refractivity contribution is 6.30. The minimum absolute atomic E-state index is 0. The lowest BCUT2D eigenvalue weighted by atomic mass is 9.99. The van der Waals surface area contributed by atoms with Gasteiger partial charge in [-0.1, -0.05) is 47.5 Å². The number of nitrogens with zero attached hydrogens (tertiary/aromatic N) is 1. The largest absolute Gasteiger partial charge is 0.302 e. The topological polar surface area (TPSA) is 24.4 Å². The van der Waals surface area contributed by atoms with Crippen LogP contribution >= 0.6 is 35.6 Å². The Bertz CT molecular complexity index is 606. The third-order valence-corrected chi connectivity index (χ3v) is 3.71. The summed E-state index contributed by atoms with van der Waals surface area (Å²) < 4.78 is 0. The van der Waals surface area contributed by atoms with Gasteiger partial charge in [-0.2, -0.15) is 5.10 Å². The first-order valence-corrected chi connectivity index (χ1v) is 6.81. The van der Waals surface area contributed by atoms with Gasteiger partial charge in [0, 0.05) is 16.5 Å². The van der Waals surface area contributed by atoms with Crippen molar-refractivity contribution >= 4 is 41.3 Å². The molecule has 3 rings (SSSR count). The lowest BCUT2D eigenvalue weighted by molar-refractivity contribution is 0.620. The zero-order valence-electron chi connectivity index (χ0n) is 10.5. The molecule has 1 unspecified atom stereocenters. The molecule has 0 radical (unpaired) electrons. The van der Waals surface area contributed by atoms with E-state index in [9.17, 15) is 0 Å². The van der Waals surface area contributed by atoms with Crippen LogP contribution in [0.25, 0.3) is 0 Å². The summed E-state index contributed by atoms with van der Waals surface area (Å²) in [6, 6.07) is 15.8. The van der Waals surface area contributed by atoms with Crippen LogP contribution in [-0.4, -0.2) is 5.71 Å². The smallest absolute Gasteiger partial charge is 0.0745 e. The molecule has 0 amide bonds. The molecule has 104 valence electrons. The Morgan fingerprint density at radius 2 is 1.45 bits per heavy atom. The summed E-state index contributed by atoms with van der Waals surface area (Å²) >= 11 is 11.8. The van der Waals surface area contributed by atoms with Crippen molar-refractivity contribution in [2.24, 2.45) is 5.10 Å². The number of hydrazone groups is 1. The Hall–Kier alpha value is -1.22. The van der Waals surface area contributed by atoms with E-state index in [-0.39, 0.29) is 18.4 Å². The molecule has 1 heterocycles. The van der Waals surface area contributed by atoms with Crippen LogP contribution in [0.1, 0.15) is 23.6 Å². The molecule has 0 spiro atoms. The van der Waals surface area contributed by atoms with Crippen molar-refractivity contribution in [3.05, 3.63) is 69.7 Å². The monoisotopic (exact) mass is 326 g/mol. The second-order valence-electron chi connectivity index (χ2n) is 4.50. The van der Waals surface area contributed by atoms with Gasteiger partial charge in [-0.25, -0.2) is 0 Å². The van der Waals surface area contributed by atoms with Gasteiger partial charge in [-0.15, -0.1) is 12.4 Å². The van der Waals surface area contributed by atoms with Gasteiger partial charge in [0.05, 0.1) is 11.8 Å². The first-order valence-electron chi connectivity index (χ1n) is 6.06. The number of benzene rings is 2. The highest BCUT2D eigenvalue weighted by Gasteiger charge is 2.20. The predicted molar refractivity (Wildman–Crippen MR) is 87.2 cm³/mol. The Morgan fingerprint density at radius 1 is 0.900 bits per heavy atom. The molecule has 1 atom stereocenters. The molecule has 5 heteroatoms. The van der Waals surface area contributed by atoms with Crippen LogP contribution in [0.5, 0.6) is 0 Å². The molecule has 0 bridgehead atoms. The molecule has 2 nitrogen and oxygen atoms in total. The van der Waals surface area contributed by atoms with Crippen molar-refractivity contribution in [1.82, 2.24) is 5.43 Å². The highest BCUT2D eigenvalue weighted by atomic mass is 35.5. The van der Waals surface area contributed by atoms with Gasteiger partial charge < -0.3 is 5.43 Å². The molecular weight excluding hydrogens is 315 g/mol. The third-order valence-electron chi connectivity index (χ3n) is 3.20. The van der Waals surface area contributed by atoms with E-state index in [1.54, 1.807) is 0 Å². The van der Waals surface area contributed by atoms with Gasteiger partial charge in [0.2, 0.25) is 0 Å². The quantitative estimate of drug-likeness (QED) is 0.837. The van der Waals surface area contributed by atoms with E-state index in [1.165, 1.54) is 5.56 Å². The van der Waals surface area contributed by atoms with Crippen LogP contribution in [0.3, 0.4) is 0 Å². The average Bonchev–Trinajstić information content (AvgIpc) is 2.90. The Morgan fingerprint density at radius 3 is 2.05 bits per heavy atom. The maximum Gasteiger partial charge on any atom is 0.0745 e. The minimum Gasteiger partial charge on any atom is -0.302 e. The van der Waals surface area contributed by atoms with E-state index in [1.807, 2.05) is 48.5 Å². The molecule has 1 aliphatic rings. The fraction of sp³-hybridized carbons (Fsp3) is 0.133. The predicted octanol–water partition coefficient (Wildman–Crippen LogP) is 4.85. The SMILES string of the molecule is Cl.Clc1ccc(C2=NNC(c3ccc(Cl)cc3)C2)cc1. The minimum atomic E-state index is 0. The molecule has 0 fully saturated rings. The fourth-order valence-corrected chi connectivity index (χ4v) is 2.40. The van der Waals surface area contributed by atoms with Crippen LogP contribution in [0, 0.1) is 0 Å². The summed E-state index contributed by atoms with van der Waals surface area (Å²) in [5.74, 6) is 0. The van der Waals surface area contributed by atoms with Crippen LogP contribution < -0.4 is 5.43 Å². The zero-order valence-corrected chi connectivity index (χ0v) is 12.8. The van der Waals surface area contributed by atoms with E-state index in [0.29, 0.717) is 0 Å². The van der Waals surface area contributed by atoms with E-state index < -0.39 is 0 Å². The van der Waals surface area contributed by atoms with Gasteiger partial charge in [0.15, 0.2) is 0 Å². The van der Waals surface area contributed by atoms with Gasteiger partial charge >= 0.3 is 0 Å². The van der Waals surface area contributed by atoms with E-state index in [0.717, 1.165) is 27.7 Å². The molecule has 0 aromatic heterocycles. The summed E-state index contributed by atoms with van der Waals surface area (Å²) in [6.45, 7) is 0. The molecule has 1 aliphatic heterocycles. The number of rotatable bonds is 2. The second kappa shape index (κ2) is 6.49. The molecule has 20 heavy (non-hydrogen) atoms. The number of nitrogens with one attached hydrogen (secondary N) is 1. The molecule has 2 aromatic carbocycles. The summed E-state index contributed by atoms with van der Waals surface area (Å²) in [5, 5.41) is 5.90. The molecule has 0 saturated heterocycles. The maximum absolute atomic E-state index is 5.90. The molecule has 0 aliphatic carbocycles. The third kappa shape index (κ3) is 3.26. The van der Waals surface area contributed by atoms with Crippen molar-refractivity contribution in [3.63, 3.8) is 0 Å². The Balaban J connectivity index is 0.00000147. The maximum atomic E-state index is 5.90. The summed E-state index contributed by atoms with van der Waals surface area (Å²) in [4.78, 5) is 0. The Kier molecular flexibility index (Phi) is 4.92. The lowest BCUT2D eigenvalue weighted by Gasteiger charge is -2.09. The van der Waals surface area contributed by atoms with Crippen LogP contribution in [-0.2, 0) is 0 Å². The van der Waals surface area contributed by atoms with Gasteiger partial charge in [0.25, 0.3) is 0 Å². The van der Waals surface area contributed by atoms with Crippen LogP contribution in [0.4, 0.5) is 0 Å². The van der Waals surface area contributed by atoms with Crippen molar-refractivity contribution in [2.75, 3.05) is 0 Å². The fourth-order valence-electron chi connectivity index (χ4n) is 2.15. The van der Waals surface area contributed by atoms with E-state index in [2.05, 4.69) is 10.5 Å². The van der Waals surface area contributed by atoms with Gasteiger partial charge in [0.1, 0.15) is 0 Å². The first kappa shape index (κ1) is 15.2. The normalized spacial score (nSPS) is 17.1. The van der Waals surface area contributed by atoms with Crippen molar-refractivity contribution in [1.29, 1.82) is 0 Å². The van der Waals surface area contributed by atoms with E-state index in [4.69, 9.17) is 23.2 Å². The molecule has 2 aromatic rings. The lowest BCUT2D eigenvalue weighted by Crippen LogP contribution is -2.09.